The van der Waals surface area contributed by atoms with Crippen molar-refractivity contribution in [3.63, 3.8) is 0 Å². The average molecular weight is 353 g/mol. The lowest BCUT2D eigenvalue weighted by molar-refractivity contribution is 0.0699. The molecule has 2 aromatic carbocycles. The topological polar surface area (TPSA) is 98.1 Å². The van der Waals surface area contributed by atoms with E-state index in [1.807, 2.05) is 0 Å². The molecule has 26 heavy (non-hydrogen) atoms. The Kier molecular flexibility index (Phi) is 3.76. The van der Waals surface area contributed by atoms with Crippen LogP contribution in [0.2, 0.25) is 0 Å². The van der Waals surface area contributed by atoms with Crippen LogP contribution >= 0.6 is 0 Å². The highest BCUT2D eigenvalue weighted by atomic mass is 16.6. The molecule has 1 aliphatic rings. The lowest BCUT2D eigenvalue weighted by Gasteiger charge is -2.19. The minimum Gasteiger partial charge on any atom is -0.504 e. The summed E-state index contributed by atoms with van der Waals surface area (Å²) >= 11 is 0. The van der Waals surface area contributed by atoms with E-state index in [4.69, 9.17) is 14.2 Å². The molecule has 0 atom stereocenters. The van der Waals surface area contributed by atoms with E-state index in [-0.39, 0.29) is 11.3 Å². The van der Waals surface area contributed by atoms with Gasteiger partial charge in [0.2, 0.25) is 0 Å². The number of phenols is 1. The van der Waals surface area contributed by atoms with Crippen molar-refractivity contribution >= 4 is 16.9 Å². The minimum atomic E-state index is -1.08. The van der Waals surface area contributed by atoms with Gasteiger partial charge in [-0.2, -0.15) is 0 Å². The molecule has 1 aliphatic heterocycles. The van der Waals surface area contributed by atoms with Gasteiger partial charge in [-0.15, -0.1) is 0 Å². The van der Waals surface area contributed by atoms with Crippen LogP contribution in [-0.2, 0) is 0 Å². The average Bonchev–Trinajstić information content (AvgIpc) is 2.65. The van der Waals surface area contributed by atoms with Crippen molar-refractivity contribution in [3.05, 3.63) is 42.0 Å². The summed E-state index contributed by atoms with van der Waals surface area (Å²) in [5, 5.41) is 20.1. The van der Waals surface area contributed by atoms with Gasteiger partial charge in [0.15, 0.2) is 23.0 Å². The number of carboxylic acids is 1. The summed E-state index contributed by atoms with van der Waals surface area (Å²) in [7, 11) is 1.46. The van der Waals surface area contributed by atoms with E-state index in [9.17, 15) is 15.0 Å². The van der Waals surface area contributed by atoms with Crippen molar-refractivity contribution in [3.8, 4) is 34.3 Å². The third kappa shape index (κ3) is 2.63. The van der Waals surface area contributed by atoms with Crippen LogP contribution in [0.4, 0.5) is 0 Å². The maximum Gasteiger partial charge on any atom is 0.336 e. The number of ether oxygens (including phenoxy) is 3. The van der Waals surface area contributed by atoms with Crippen LogP contribution in [0.25, 0.3) is 22.2 Å². The highest BCUT2D eigenvalue weighted by Crippen LogP contribution is 2.37. The van der Waals surface area contributed by atoms with E-state index in [0.717, 1.165) is 0 Å². The molecule has 0 radical (unpaired) electrons. The second-order valence-corrected chi connectivity index (χ2v) is 5.76. The summed E-state index contributed by atoms with van der Waals surface area (Å²) in [5.74, 6) is 0.233. The van der Waals surface area contributed by atoms with Crippen LogP contribution in [0.1, 0.15) is 10.4 Å². The zero-order chi connectivity index (χ0) is 18.3. The molecule has 7 heteroatoms. The molecule has 2 N–H and O–H groups in total. The number of aromatic hydroxyl groups is 1. The molecule has 1 aromatic heterocycles. The second kappa shape index (κ2) is 6.11. The molecule has 3 aromatic rings. The summed E-state index contributed by atoms with van der Waals surface area (Å²) in [6, 6.07) is 9.56. The van der Waals surface area contributed by atoms with Crippen LogP contribution < -0.4 is 14.2 Å². The Bertz CT molecular complexity index is 1030. The Morgan fingerprint density at radius 1 is 1.12 bits per heavy atom. The summed E-state index contributed by atoms with van der Waals surface area (Å²) in [6.07, 6.45) is 0. The van der Waals surface area contributed by atoms with Crippen molar-refractivity contribution in [2.45, 2.75) is 0 Å². The first kappa shape index (κ1) is 16.0. The monoisotopic (exact) mass is 353 g/mol. The van der Waals surface area contributed by atoms with Crippen molar-refractivity contribution in [1.82, 2.24) is 4.98 Å². The van der Waals surface area contributed by atoms with Gasteiger partial charge in [-0.3, -0.25) is 0 Å². The van der Waals surface area contributed by atoms with Gasteiger partial charge in [0.25, 0.3) is 0 Å². The number of aromatic nitrogens is 1. The molecule has 0 saturated carbocycles. The number of aromatic carboxylic acids is 1. The van der Waals surface area contributed by atoms with Crippen molar-refractivity contribution < 1.29 is 29.2 Å². The third-order valence-corrected chi connectivity index (χ3v) is 4.18. The van der Waals surface area contributed by atoms with Crippen LogP contribution in [0.3, 0.4) is 0 Å². The molecular weight excluding hydrogens is 338 g/mol. The molecule has 0 spiro atoms. The fourth-order valence-electron chi connectivity index (χ4n) is 2.94. The molecule has 132 valence electrons. The number of pyridine rings is 1. The molecule has 2 heterocycles. The smallest absolute Gasteiger partial charge is 0.336 e. The Labute approximate surface area is 148 Å². The number of rotatable bonds is 3. The molecule has 0 fully saturated rings. The lowest BCUT2D eigenvalue weighted by Crippen LogP contribution is -2.15. The van der Waals surface area contributed by atoms with Gasteiger partial charge in [-0.25, -0.2) is 9.78 Å². The van der Waals surface area contributed by atoms with Crippen molar-refractivity contribution in [2.24, 2.45) is 0 Å². The number of hydrogen-bond acceptors (Lipinski definition) is 6. The molecule has 0 bridgehead atoms. The molecule has 0 unspecified atom stereocenters. The maximum atomic E-state index is 11.8. The quantitative estimate of drug-likeness (QED) is 0.746. The Hall–Kier alpha value is -3.48. The molecule has 4 rings (SSSR count). The first-order valence-corrected chi connectivity index (χ1v) is 7.92. The summed E-state index contributed by atoms with van der Waals surface area (Å²) < 4.78 is 16.1. The number of methoxy groups -OCH3 is 1. The number of carbonyl (C=O) groups is 1. The SMILES string of the molecule is COc1ccc(-c2cc(C(=O)O)c3cc4c(cc3n2)OCCO4)cc1O. The van der Waals surface area contributed by atoms with Gasteiger partial charge in [0.05, 0.1) is 23.9 Å². The molecular formula is C19H15NO6. The standard InChI is InChI=1S/C19H15NO6/c1-24-16-3-2-10(6-15(16)21)13-7-12(19(22)23)11-8-17-18(9-14(11)20-13)26-5-4-25-17/h2-3,6-9,21H,4-5H2,1H3,(H,22,23). The molecule has 7 nitrogen and oxygen atoms in total. The number of hydrogen-bond donors (Lipinski definition) is 2. The predicted octanol–water partition coefficient (Wildman–Crippen LogP) is 3.09. The van der Waals surface area contributed by atoms with Crippen LogP contribution in [0, 0.1) is 0 Å². The number of fused-ring (bicyclic) bond motifs is 2. The van der Waals surface area contributed by atoms with Gasteiger partial charge < -0.3 is 24.4 Å². The van der Waals surface area contributed by atoms with E-state index in [1.54, 1.807) is 24.3 Å². The summed E-state index contributed by atoms with van der Waals surface area (Å²) in [4.78, 5) is 16.3. The number of benzene rings is 2. The Morgan fingerprint density at radius 3 is 2.50 bits per heavy atom. The Balaban J connectivity index is 1.93. The van der Waals surface area contributed by atoms with Gasteiger partial charge in [-0.05, 0) is 30.3 Å². The second-order valence-electron chi connectivity index (χ2n) is 5.76. The van der Waals surface area contributed by atoms with Crippen LogP contribution in [0.15, 0.2) is 36.4 Å². The molecule has 0 amide bonds. The molecule has 0 saturated heterocycles. The Morgan fingerprint density at radius 2 is 1.85 bits per heavy atom. The van der Waals surface area contributed by atoms with E-state index in [1.165, 1.54) is 19.2 Å². The number of phenolic OH excluding ortho intramolecular Hbond substituents is 1. The first-order valence-electron chi connectivity index (χ1n) is 7.92. The summed E-state index contributed by atoms with van der Waals surface area (Å²) in [5.41, 5.74) is 1.56. The molecule has 0 aliphatic carbocycles. The third-order valence-electron chi connectivity index (χ3n) is 4.18. The zero-order valence-corrected chi connectivity index (χ0v) is 13.9. The number of carboxylic acid groups (broad SMARTS) is 1. The fourth-order valence-corrected chi connectivity index (χ4v) is 2.94. The normalized spacial score (nSPS) is 12.8. The van der Waals surface area contributed by atoms with Crippen molar-refractivity contribution in [2.75, 3.05) is 20.3 Å². The highest BCUT2D eigenvalue weighted by molar-refractivity contribution is 6.04. The van der Waals surface area contributed by atoms with Crippen LogP contribution in [0.5, 0.6) is 23.0 Å². The lowest BCUT2D eigenvalue weighted by atomic mass is 10.0. The van der Waals surface area contributed by atoms with Gasteiger partial charge >= 0.3 is 5.97 Å². The first-order chi connectivity index (χ1) is 12.6. The predicted molar refractivity (Wildman–Crippen MR) is 93.3 cm³/mol. The fraction of sp³-hybridized carbons (Fsp3) is 0.158. The van der Waals surface area contributed by atoms with E-state index in [2.05, 4.69) is 4.98 Å². The van der Waals surface area contributed by atoms with Gasteiger partial charge in [0, 0.05) is 17.0 Å². The maximum absolute atomic E-state index is 11.8. The van der Waals surface area contributed by atoms with E-state index < -0.39 is 5.97 Å². The van der Waals surface area contributed by atoms with Gasteiger partial charge in [0.1, 0.15) is 13.2 Å². The summed E-state index contributed by atoms with van der Waals surface area (Å²) in [6.45, 7) is 0.841. The number of nitrogens with zero attached hydrogens (tertiary/aromatic N) is 1. The zero-order valence-electron chi connectivity index (χ0n) is 13.9. The van der Waals surface area contributed by atoms with Gasteiger partial charge in [-0.1, -0.05) is 0 Å². The van der Waals surface area contributed by atoms with Crippen molar-refractivity contribution in [1.29, 1.82) is 0 Å². The minimum absolute atomic E-state index is 0.0500. The van der Waals surface area contributed by atoms with Crippen LogP contribution in [-0.4, -0.2) is 41.5 Å². The van der Waals surface area contributed by atoms with E-state index >= 15 is 0 Å². The van der Waals surface area contributed by atoms with E-state index in [0.29, 0.717) is 52.6 Å². The largest absolute Gasteiger partial charge is 0.504 e. The highest BCUT2D eigenvalue weighted by Gasteiger charge is 2.19.